The minimum Gasteiger partial charge on any atom is -0.493 e. The largest absolute Gasteiger partial charge is 0.493 e. The highest BCUT2D eigenvalue weighted by atomic mass is 35.5. The third-order valence-corrected chi connectivity index (χ3v) is 3.45. The molecule has 0 saturated carbocycles. The molecule has 0 radical (unpaired) electrons. The molecular weight excluding hydrogens is 312 g/mol. The predicted octanol–water partition coefficient (Wildman–Crippen LogP) is 4.04. The summed E-state index contributed by atoms with van der Waals surface area (Å²) in [6, 6.07) is 13.3. The molecule has 2 aromatic rings. The van der Waals surface area contributed by atoms with Crippen molar-refractivity contribution in [3.8, 4) is 11.5 Å². The second-order valence-electron chi connectivity index (χ2n) is 4.69. The maximum Gasteiger partial charge on any atom is 0.161 e. The average Bonchev–Trinajstić information content (AvgIpc) is 2.58. The molecule has 5 heteroatoms. The molecule has 0 spiro atoms. The maximum atomic E-state index is 6.09. The molecule has 0 fully saturated rings. The Morgan fingerprint density at radius 1 is 1.22 bits per heavy atom. The second-order valence-corrected chi connectivity index (χ2v) is 5.10. The van der Waals surface area contributed by atoms with Gasteiger partial charge >= 0.3 is 0 Å². The van der Waals surface area contributed by atoms with Gasteiger partial charge in [-0.25, -0.2) is 0 Å². The monoisotopic (exact) mass is 330 g/mol. The first-order valence-corrected chi connectivity index (χ1v) is 7.53. The Bertz CT molecular complexity index is 686. The Hall–Kier alpha value is -2.46. The minimum absolute atomic E-state index is 0.434. The van der Waals surface area contributed by atoms with E-state index < -0.39 is 0 Å². The highest BCUT2D eigenvalue weighted by molar-refractivity contribution is 6.31. The van der Waals surface area contributed by atoms with Crippen molar-refractivity contribution in [2.45, 2.75) is 6.54 Å². The van der Waals surface area contributed by atoms with E-state index in [-0.39, 0.29) is 0 Å². The molecule has 0 aliphatic carbocycles. The molecule has 0 saturated heterocycles. The minimum atomic E-state index is 0.434. The van der Waals surface area contributed by atoms with Crippen LogP contribution in [0, 0.1) is 0 Å². The lowest BCUT2D eigenvalue weighted by molar-refractivity contribution is 0.326. The van der Waals surface area contributed by atoms with Gasteiger partial charge in [-0.1, -0.05) is 42.5 Å². The van der Waals surface area contributed by atoms with Crippen LogP contribution in [0.15, 0.2) is 60.2 Å². The zero-order chi connectivity index (χ0) is 16.5. The summed E-state index contributed by atoms with van der Waals surface area (Å²) in [5.41, 5.74) is 4.88. The molecule has 1 N–H and O–H groups in total. The average molecular weight is 331 g/mol. The van der Waals surface area contributed by atoms with Crippen molar-refractivity contribution >= 4 is 17.8 Å². The van der Waals surface area contributed by atoms with E-state index in [0.29, 0.717) is 24.7 Å². The van der Waals surface area contributed by atoms with E-state index >= 15 is 0 Å². The summed E-state index contributed by atoms with van der Waals surface area (Å²) in [7, 11) is 1.60. The van der Waals surface area contributed by atoms with Gasteiger partial charge in [0.05, 0.1) is 19.9 Å². The first-order chi connectivity index (χ1) is 11.2. The lowest BCUT2D eigenvalue weighted by atomic mass is 10.2. The Morgan fingerprint density at radius 3 is 2.78 bits per heavy atom. The van der Waals surface area contributed by atoms with E-state index in [1.54, 1.807) is 19.4 Å². The summed E-state index contributed by atoms with van der Waals surface area (Å²) in [6.07, 6.45) is 3.41. The fourth-order valence-corrected chi connectivity index (χ4v) is 2.13. The molecule has 0 aliphatic rings. The summed E-state index contributed by atoms with van der Waals surface area (Å²) in [5, 5.41) is 4.92. The second kappa shape index (κ2) is 8.86. The number of hydrazone groups is 1. The summed E-state index contributed by atoms with van der Waals surface area (Å²) in [6.45, 7) is 4.62. The van der Waals surface area contributed by atoms with Crippen molar-refractivity contribution < 1.29 is 9.47 Å². The molecule has 0 bridgehead atoms. The normalized spacial score (nSPS) is 10.5. The van der Waals surface area contributed by atoms with Crippen molar-refractivity contribution in [1.82, 2.24) is 5.43 Å². The van der Waals surface area contributed by atoms with Crippen LogP contribution in [0.1, 0.15) is 11.1 Å². The van der Waals surface area contributed by atoms with Crippen molar-refractivity contribution in [3.63, 3.8) is 0 Å². The summed E-state index contributed by atoms with van der Waals surface area (Å²) in [4.78, 5) is 0. The van der Waals surface area contributed by atoms with E-state index in [4.69, 9.17) is 21.1 Å². The molecule has 0 aromatic heterocycles. The maximum absolute atomic E-state index is 6.09. The van der Waals surface area contributed by atoms with Gasteiger partial charge in [-0.2, -0.15) is 5.10 Å². The van der Waals surface area contributed by atoms with Gasteiger partial charge in [0.2, 0.25) is 0 Å². The number of nitrogens with zero attached hydrogens (tertiary/aromatic N) is 1. The van der Waals surface area contributed by atoms with Crippen LogP contribution < -0.4 is 14.9 Å². The Balaban J connectivity index is 1.96. The van der Waals surface area contributed by atoms with Crippen LogP contribution in [0.25, 0.3) is 0 Å². The van der Waals surface area contributed by atoms with E-state index in [9.17, 15) is 0 Å². The van der Waals surface area contributed by atoms with Gasteiger partial charge in [-0.3, -0.25) is 0 Å². The number of ether oxygens (including phenoxy) is 2. The summed E-state index contributed by atoms with van der Waals surface area (Å²) < 4.78 is 10.8. The molecule has 120 valence electrons. The molecule has 0 amide bonds. The Labute approximate surface area is 141 Å². The lowest BCUT2D eigenvalue weighted by Gasteiger charge is -2.09. The van der Waals surface area contributed by atoms with Crippen LogP contribution in [-0.2, 0) is 6.54 Å². The molecule has 4 nitrogen and oxygen atoms in total. The molecule has 0 unspecified atom stereocenters. The number of hydrogen-bond donors (Lipinski definition) is 1. The Kier molecular flexibility index (Phi) is 6.51. The topological polar surface area (TPSA) is 42.8 Å². The third-order valence-electron chi connectivity index (χ3n) is 3.08. The Morgan fingerprint density at radius 2 is 2.04 bits per heavy atom. The standard InChI is InChI=1S/C18H19ClN2O2/c1-3-10-23-17-9-8-14(11-18(17)22-2)12-20-21-13-15-6-4-5-7-16(15)19/h3-9,11-12,21H,1,10,13H2,2H3/b20-12-. The van der Waals surface area contributed by atoms with Gasteiger partial charge in [0, 0.05) is 5.02 Å². The number of halogens is 1. The molecule has 23 heavy (non-hydrogen) atoms. The van der Waals surface area contributed by atoms with Gasteiger partial charge in [0.15, 0.2) is 11.5 Å². The zero-order valence-electron chi connectivity index (χ0n) is 13.0. The van der Waals surface area contributed by atoms with Gasteiger partial charge in [-0.05, 0) is 35.4 Å². The molecule has 2 aromatic carbocycles. The van der Waals surface area contributed by atoms with Crippen molar-refractivity contribution in [1.29, 1.82) is 0 Å². The quantitative estimate of drug-likeness (QED) is 0.451. The summed E-state index contributed by atoms with van der Waals surface area (Å²) in [5.74, 6) is 1.33. The first kappa shape index (κ1) is 16.9. The van der Waals surface area contributed by atoms with E-state index in [2.05, 4.69) is 17.1 Å². The van der Waals surface area contributed by atoms with Crippen LogP contribution in [0.2, 0.25) is 5.02 Å². The van der Waals surface area contributed by atoms with E-state index in [1.807, 2.05) is 42.5 Å². The lowest BCUT2D eigenvalue weighted by Crippen LogP contribution is -2.06. The number of nitrogens with one attached hydrogen (secondary N) is 1. The number of rotatable bonds is 8. The molecular formula is C18H19ClN2O2. The zero-order valence-corrected chi connectivity index (χ0v) is 13.7. The predicted molar refractivity (Wildman–Crippen MR) is 94.6 cm³/mol. The van der Waals surface area contributed by atoms with E-state index in [1.165, 1.54) is 0 Å². The van der Waals surface area contributed by atoms with Crippen LogP contribution in [0.3, 0.4) is 0 Å². The number of hydrogen-bond acceptors (Lipinski definition) is 4. The third kappa shape index (κ3) is 5.04. The van der Waals surface area contributed by atoms with Crippen molar-refractivity contribution in [2.75, 3.05) is 13.7 Å². The highest BCUT2D eigenvalue weighted by Crippen LogP contribution is 2.27. The van der Waals surface area contributed by atoms with Crippen molar-refractivity contribution in [2.24, 2.45) is 5.10 Å². The first-order valence-electron chi connectivity index (χ1n) is 7.15. The molecule has 0 aliphatic heterocycles. The number of methoxy groups -OCH3 is 1. The van der Waals surface area contributed by atoms with Crippen LogP contribution >= 0.6 is 11.6 Å². The highest BCUT2D eigenvalue weighted by Gasteiger charge is 2.04. The molecule has 2 rings (SSSR count). The van der Waals surface area contributed by atoms with Gasteiger partial charge in [-0.15, -0.1) is 0 Å². The SMILES string of the molecule is C=CCOc1ccc(/C=N\NCc2ccccc2Cl)cc1OC. The smallest absolute Gasteiger partial charge is 0.161 e. The van der Waals surface area contributed by atoms with Gasteiger partial charge < -0.3 is 14.9 Å². The van der Waals surface area contributed by atoms with Crippen molar-refractivity contribution in [3.05, 3.63) is 71.3 Å². The van der Waals surface area contributed by atoms with Crippen LogP contribution in [-0.4, -0.2) is 19.9 Å². The fraction of sp³-hybridized carbons (Fsp3) is 0.167. The summed E-state index contributed by atoms with van der Waals surface area (Å²) >= 11 is 6.09. The van der Waals surface area contributed by atoms with Gasteiger partial charge in [0.25, 0.3) is 0 Å². The van der Waals surface area contributed by atoms with Gasteiger partial charge in [0.1, 0.15) is 6.61 Å². The number of benzene rings is 2. The van der Waals surface area contributed by atoms with E-state index in [0.717, 1.165) is 16.1 Å². The van der Waals surface area contributed by atoms with Crippen LogP contribution in [0.5, 0.6) is 11.5 Å². The fourth-order valence-electron chi connectivity index (χ4n) is 1.93. The molecule has 0 heterocycles. The van der Waals surface area contributed by atoms with Crippen LogP contribution in [0.4, 0.5) is 0 Å². The molecule has 0 atom stereocenters.